The topological polar surface area (TPSA) is 111 Å². The van der Waals surface area contributed by atoms with Crippen LogP contribution in [0.5, 0.6) is 0 Å². The molecular formula is C21H31N7O2. The van der Waals surface area contributed by atoms with Crippen LogP contribution in [0.1, 0.15) is 51.3 Å². The molecule has 1 atom stereocenters. The highest BCUT2D eigenvalue weighted by Crippen LogP contribution is 2.26. The molecule has 1 amide bonds. The standard InChI is InChI=1S/C21H31N7O2/c1-2-22-21(23-13-18-25-19(27-26-18)17-9-6-12-30-17)24-16-10-11-28(14-16)20(29)15-7-4-3-5-8-15/h6,9,12,15-16H,2-5,7-8,10-11,13-14H2,1H3,(H2,22,23,24)(H,25,26,27). The zero-order valence-electron chi connectivity index (χ0n) is 17.6. The van der Waals surface area contributed by atoms with Crippen LogP contribution in [0.25, 0.3) is 11.6 Å². The van der Waals surface area contributed by atoms with Gasteiger partial charge in [0.05, 0.1) is 6.26 Å². The number of hydrogen-bond donors (Lipinski definition) is 3. The number of nitrogens with one attached hydrogen (secondary N) is 3. The van der Waals surface area contributed by atoms with Crippen LogP contribution in [0.4, 0.5) is 0 Å². The third kappa shape index (κ3) is 5.01. The van der Waals surface area contributed by atoms with Crippen molar-refractivity contribution in [3.05, 3.63) is 24.2 Å². The Hall–Kier alpha value is -2.84. The Bertz CT molecular complexity index is 839. The maximum absolute atomic E-state index is 12.8. The average Bonchev–Trinajstić information content (AvgIpc) is 3.54. The van der Waals surface area contributed by atoms with E-state index in [0.717, 1.165) is 44.9 Å². The van der Waals surface area contributed by atoms with Crippen molar-refractivity contribution in [1.29, 1.82) is 0 Å². The van der Waals surface area contributed by atoms with Gasteiger partial charge in [-0.2, -0.15) is 0 Å². The lowest BCUT2D eigenvalue weighted by atomic mass is 9.88. The second-order valence-corrected chi connectivity index (χ2v) is 8.03. The van der Waals surface area contributed by atoms with Crippen molar-refractivity contribution in [1.82, 2.24) is 30.7 Å². The average molecular weight is 414 g/mol. The predicted molar refractivity (Wildman–Crippen MR) is 114 cm³/mol. The molecule has 4 rings (SSSR count). The van der Waals surface area contributed by atoms with E-state index in [-0.39, 0.29) is 12.0 Å². The number of aromatic amines is 1. The highest BCUT2D eigenvalue weighted by molar-refractivity contribution is 5.81. The first-order valence-corrected chi connectivity index (χ1v) is 11.0. The molecule has 30 heavy (non-hydrogen) atoms. The molecule has 0 radical (unpaired) electrons. The first kappa shape index (κ1) is 20.4. The van der Waals surface area contributed by atoms with Gasteiger partial charge in [0, 0.05) is 31.6 Å². The zero-order valence-corrected chi connectivity index (χ0v) is 17.6. The van der Waals surface area contributed by atoms with E-state index in [1.807, 2.05) is 17.9 Å². The largest absolute Gasteiger partial charge is 0.461 e. The van der Waals surface area contributed by atoms with Gasteiger partial charge in [0.1, 0.15) is 12.4 Å². The van der Waals surface area contributed by atoms with Crippen molar-refractivity contribution in [2.24, 2.45) is 10.9 Å². The first-order chi connectivity index (χ1) is 14.7. The van der Waals surface area contributed by atoms with E-state index in [0.29, 0.717) is 29.9 Å². The number of guanidine groups is 1. The van der Waals surface area contributed by atoms with Crippen LogP contribution >= 0.6 is 0 Å². The molecule has 1 saturated heterocycles. The van der Waals surface area contributed by atoms with E-state index < -0.39 is 0 Å². The molecule has 2 fully saturated rings. The molecule has 3 N–H and O–H groups in total. The number of aromatic nitrogens is 3. The molecule has 9 nitrogen and oxygen atoms in total. The molecule has 0 spiro atoms. The minimum absolute atomic E-state index is 0.212. The summed E-state index contributed by atoms with van der Waals surface area (Å²) in [5.74, 6) is 3.11. The molecule has 2 aromatic rings. The number of carbonyl (C=O) groups is 1. The SMILES string of the molecule is CCNC(=NCc1nc(-c2ccco2)n[nH]1)NC1CCN(C(=O)C2CCCCC2)C1. The quantitative estimate of drug-likeness (QED) is 0.495. The molecule has 1 aliphatic carbocycles. The van der Waals surface area contributed by atoms with Gasteiger partial charge in [0.2, 0.25) is 11.7 Å². The molecule has 3 heterocycles. The van der Waals surface area contributed by atoms with E-state index in [1.54, 1.807) is 12.3 Å². The smallest absolute Gasteiger partial charge is 0.225 e. The van der Waals surface area contributed by atoms with Gasteiger partial charge in [-0.15, -0.1) is 5.10 Å². The maximum Gasteiger partial charge on any atom is 0.225 e. The third-order valence-corrected chi connectivity index (χ3v) is 5.80. The number of carbonyl (C=O) groups excluding carboxylic acids is 1. The van der Waals surface area contributed by atoms with Crippen LogP contribution in [0.15, 0.2) is 27.8 Å². The summed E-state index contributed by atoms with van der Waals surface area (Å²) in [6.07, 6.45) is 8.28. The molecular weight excluding hydrogens is 382 g/mol. The van der Waals surface area contributed by atoms with Crippen LogP contribution in [0, 0.1) is 5.92 Å². The second kappa shape index (κ2) is 9.77. The molecule has 2 aromatic heterocycles. The fraction of sp³-hybridized carbons (Fsp3) is 0.619. The monoisotopic (exact) mass is 413 g/mol. The number of likely N-dealkylation sites (tertiary alicyclic amines) is 1. The van der Waals surface area contributed by atoms with Gasteiger partial charge in [0.15, 0.2) is 11.7 Å². The summed E-state index contributed by atoms with van der Waals surface area (Å²) in [5.41, 5.74) is 0. The Morgan fingerprint density at radius 1 is 1.33 bits per heavy atom. The summed E-state index contributed by atoms with van der Waals surface area (Å²) in [5, 5.41) is 13.8. The van der Waals surface area contributed by atoms with Crippen LogP contribution in [0.2, 0.25) is 0 Å². The van der Waals surface area contributed by atoms with Gasteiger partial charge < -0.3 is 20.0 Å². The highest BCUT2D eigenvalue weighted by atomic mass is 16.3. The highest BCUT2D eigenvalue weighted by Gasteiger charge is 2.31. The van der Waals surface area contributed by atoms with Crippen molar-refractivity contribution in [2.45, 2.75) is 58.0 Å². The molecule has 162 valence electrons. The van der Waals surface area contributed by atoms with Crippen LogP contribution in [0.3, 0.4) is 0 Å². The minimum Gasteiger partial charge on any atom is -0.461 e. The summed E-state index contributed by atoms with van der Waals surface area (Å²) in [4.78, 5) is 23.9. The molecule has 1 unspecified atom stereocenters. The number of hydrogen-bond acceptors (Lipinski definition) is 5. The summed E-state index contributed by atoms with van der Waals surface area (Å²) in [7, 11) is 0. The van der Waals surface area contributed by atoms with E-state index in [4.69, 9.17) is 4.42 Å². The Morgan fingerprint density at radius 2 is 2.20 bits per heavy atom. The number of aliphatic imine (C=N–C) groups is 1. The third-order valence-electron chi connectivity index (χ3n) is 5.80. The normalized spacial score (nSPS) is 20.5. The van der Waals surface area contributed by atoms with Gasteiger partial charge in [-0.25, -0.2) is 9.98 Å². The number of amides is 1. The van der Waals surface area contributed by atoms with E-state index in [2.05, 4.69) is 30.8 Å². The summed E-state index contributed by atoms with van der Waals surface area (Å²) < 4.78 is 5.32. The van der Waals surface area contributed by atoms with E-state index in [9.17, 15) is 4.79 Å². The van der Waals surface area contributed by atoms with Gasteiger partial charge in [-0.1, -0.05) is 19.3 Å². The van der Waals surface area contributed by atoms with Crippen molar-refractivity contribution < 1.29 is 9.21 Å². The summed E-state index contributed by atoms with van der Waals surface area (Å²) >= 11 is 0. The first-order valence-electron chi connectivity index (χ1n) is 11.0. The zero-order chi connectivity index (χ0) is 20.8. The molecule has 9 heteroatoms. The van der Waals surface area contributed by atoms with Gasteiger partial charge in [-0.05, 0) is 38.3 Å². The minimum atomic E-state index is 0.212. The predicted octanol–water partition coefficient (Wildman–Crippen LogP) is 2.30. The van der Waals surface area contributed by atoms with Gasteiger partial charge in [0.25, 0.3) is 0 Å². The molecule has 1 aliphatic heterocycles. The van der Waals surface area contributed by atoms with Gasteiger partial charge in [-0.3, -0.25) is 9.89 Å². The van der Waals surface area contributed by atoms with Crippen molar-refractivity contribution >= 4 is 11.9 Å². The lowest BCUT2D eigenvalue weighted by Gasteiger charge is -2.26. The number of furan rings is 1. The van der Waals surface area contributed by atoms with Crippen molar-refractivity contribution in [3.63, 3.8) is 0 Å². The summed E-state index contributed by atoms with van der Waals surface area (Å²) in [6.45, 7) is 4.73. The van der Waals surface area contributed by atoms with Crippen molar-refractivity contribution in [3.8, 4) is 11.6 Å². The molecule has 1 saturated carbocycles. The fourth-order valence-corrected chi connectivity index (χ4v) is 4.24. The Morgan fingerprint density at radius 3 is 2.97 bits per heavy atom. The van der Waals surface area contributed by atoms with Crippen LogP contribution in [-0.2, 0) is 11.3 Å². The number of nitrogens with zero attached hydrogens (tertiary/aromatic N) is 4. The molecule has 2 aliphatic rings. The van der Waals surface area contributed by atoms with E-state index >= 15 is 0 Å². The number of H-pyrrole nitrogens is 1. The Balaban J connectivity index is 1.31. The summed E-state index contributed by atoms with van der Waals surface area (Å²) in [6, 6.07) is 3.84. The van der Waals surface area contributed by atoms with Gasteiger partial charge >= 0.3 is 0 Å². The maximum atomic E-state index is 12.8. The fourth-order valence-electron chi connectivity index (χ4n) is 4.24. The Kier molecular flexibility index (Phi) is 6.66. The second-order valence-electron chi connectivity index (χ2n) is 8.03. The van der Waals surface area contributed by atoms with Crippen LogP contribution in [-0.4, -0.2) is 57.6 Å². The molecule has 0 bridgehead atoms. The Labute approximate surface area is 176 Å². The number of rotatable bonds is 6. The molecule has 0 aromatic carbocycles. The van der Waals surface area contributed by atoms with Crippen LogP contribution < -0.4 is 10.6 Å². The lowest BCUT2D eigenvalue weighted by molar-refractivity contribution is -0.135. The van der Waals surface area contributed by atoms with E-state index in [1.165, 1.54) is 19.3 Å². The lowest BCUT2D eigenvalue weighted by Crippen LogP contribution is -2.45. The van der Waals surface area contributed by atoms with Crippen molar-refractivity contribution in [2.75, 3.05) is 19.6 Å².